The molecule has 0 aromatic heterocycles. The Kier molecular flexibility index (Phi) is 11.0. The molecule has 1 unspecified atom stereocenters. The highest BCUT2D eigenvalue weighted by atomic mass is 35.5. The topological polar surface area (TPSA) is 79.3 Å². The number of ether oxygens (including phenoxy) is 2. The van der Waals surface area contributed by atoms with Crippen molar-refractivity contribution in [2.75, 3.05) is 18.1 Å². The van der Waals surface area contributed by atoms with Crippen molar-refractivity contribution in [2.45, 2.75) is 70.1 Å². The molecule has 1 atom stereocenters. The highest BCUT2D eigenvalue weighted by molar-refractivity contribution is 6.30. The van der Waals surface area contributed by atoms with Gasteiger partial charge in [-0.15, -0.1) is 0 Å². The number of benzene rings is 3. The molecule has 1 aliphatic heterocycles. The first-order valence-corrected chi connectivity index (χ1v) is 15.2. The van der Waals surface area contributed by atoms with Crippen LogP contribution in [0.2, 0.25) is 5.02 Å². The fraction of sp³-hybridized carbons (Fsp3) is 0.394. The molecular weight excluding hydrogens is 654 g/mol. The Hall–Kier alpha value is -3.97. The fourth-order valence-corrected chi connectivity index (χ4v) is 5.31. The minimum atomic E-state index is -6.00. The molecule has 0 spiro atoms. The number of nitrogens with zero attached hydrogens (tertiary/aromatic N) is 2. The van der Waals surface area contributed by atoms with Crippen LogP contribution in [0.25, 0.3) is 0 Å². The number of rotatable bonds is 13. The summed E-state index contributed by atoms with van der Waals surface area (Å²) in [5.41, 5.74) is -4.94. The van der Waals surface area contributed by atoms with Gasteiger partial charge in [-0.3, -0.25) is 14.6 Å². The molecule has 14 heteroatoms. The summed E-state index contributed by atoms with van der Waals surface area (Å²) in [4.78, 5) is 28.8. The molecule has 0 saturated carbocycles. The Morgan fingerprint density at radius 1 is 0.894 bits per heavy atom. The van der Waals surface area contributed by atoms with Gasteiger partial charge in [0.25, 0.3) is 11.5 Å². The summed E-state index contributed by atoms with van der Waals surface area (Å²) < 4.78 is 91.8. The van der Waals surface area contributed by atoms with E-state index in [1.807, 2.05) is 12.1 Å². The van der Waals surface area contributed by atoms with E-state index in [1.54, 1.807) is 50.2 Å². The number of carbonyl (C=O) groups excluding carboxylic acids is 2. The van der Waals surface area contributed by atoms with E-state index in [2.05, 4.69) is 0 Å². The van der Waals surface area contributed by atoms with E-state index in [0.717, 1.165) is 16.5 Å². The van der Waals surface area contributed by atoms with Gasteiger partial charge in [-0.2, -0.15) is 26.3 Å². The number of alkyl halides is 6. The smallest absolute Gasteiger partial charge is 0.430 e. The van der Waals surface area contributed by atoms with Crippen molar-refractivity contribution in [3.8, 4) is 11.5 Å². The molecule has 3 aromatic carbocycles. The first-order chi connectivity index (χ1) is 22.1. The minimum absolute atomic E-state index is 0.0152. The molecular formula is C33H33ClF6N2O5. The van der Waals surface area contributed by atoms with Crippen molar-refractivity contribution in [1.82, 2.24) is 4.90 Å². The van der Waals surface area contributed by atoms with Gasteiger partial charge in [-0.05, 0) is 73.7 Å². The molecule has 0 bridgehead atoms. The number of halogens is 7. The highest BCUT2D eigenvalue weighted by Gasteiger charge is 2.71. The molecule has 1 aliphatic rings. The molecule has 3 amide bonds. The first kappa shape index (κ1) is 35.9. The van der Waals surface area contributed by atoms with Crippen molar-refractivity contribution in [1.29, 1.82) is 0 Å². The number of amides is 3. The average molecular weight is 687 g/mol. The molecule has 0 aliphatic carbocycles. The van der Waals surface area contributed by atoms with Gasteiger partial charge in [0.2, 0.25) is 0 Å². The molecule has 1 saturated heterocycles. The van der Waals surface area contributed by atoms with Gasteiger partial charge >= 0.3 is 18.4 Å². The number of hydrogen-bond acceptors (Lipinski definition) is 5. The third kappa shape index (κ3) is 7.78. The number of imide groups is 1. The Balaban J connectivity index is 1.35. The molecule has 1 N–H and O–H groups in total. The maximum absolute atomic E-state index is 13.4. The van der Waals surface area contributed by atoms with E-state index < -0.39 is 41.5 Å². The zero-order chi connectivity index (χ0) is 34.6. The van der Waals surface area contributed by atoms with Crippen molar-refractivity contribution < 1.29 is 50.5 Å². The SMILES string of the molecule is CCCc1cc(C(O)(C(F)(F)F)C(F)(F)F)ccc1OCCCCN1C(=O)C(C)N(c2cccc(OCc3ccc(Cl)cc3)c2)C1=O. The van der Waals surface area contributed by atoms with Crippen molar-refractivity contribution >= 4 is 29.2 Å². The van der Waals surface area contributed by atoms with Crippen LogP contribution in [0.1, 0.15) is 49.8 Å². The van der Waals surface area contributed by atoms with Crippen LogP contribution in [0.15, 0.2) is 66.7 Å². The van der Waals surface area contributed by atoms with Crippen LogP contribution in [0.3, 0.4) is 0 Å². The summed E-state index contributed by atoms with van der Waals surface area (Å²) in [5, 5.41) is 10.4. The predicted molar refractivity (Wildman–Crippen MR) is 162 cm³/mol. The average Bonchev–Trinajstić information content (AvgIpc) is 3.22. The maximum Gasteiger partial charge on any atom is 0.430 e. The summed E-state index contributed by atoms with van der Waals surface area (Å²) in [6.07, 6.45) is -10.9. The number of aryl methyl sites for hydroxylation is 1. The van der Waals surface area contributed by atoms with E-state index in [9.17, 15) is 41.0 Å². The first-order valence-electron chi connectivity index (χ1n) is 14.8. The number of urea groups is 1. The number of unbranched alkanes of at least 4 members (excludes halogenated alkanes) is 1. The zero-order valence-corrected chi connectivity index (χ0v) is 26.3. The van der Waals surface area contributed by atoms with E-state index in [0.29, 0.717) is 47.9 Å². The van der Waals surface area contributed by atoms with Gasteiger partial charge in [0.15, 0.2) is 0 Å². The number of carbonyl (C=O) groups is 2. The Bertz CT molecular complexity index is 1550. The van der Waals surface area contributed by atoms with Crippen LogP contribution >= 0.6 is 11.6 Å². The van der Waals surface area contributed by atoms with Gasteiger partial charge in [0.05, 0.1) is 12.3 Å². The second kappa shape index (κ2) is 14.4. The third-order valence-corrected chi connectivity index (χ3v) is 7.97. The number of anilines is 1. The van der Waals surface area contributed by atoms with Crippen molar-refractivity contribution in [3.63, 3.8) is 0 Å². The van der Waals surface area contributed by atoms with E-state index >= 15 is 0 Å². The van der Waals surface area contributed by atoms with Crippen molar-refractivity contribution in [3.05, 3.63) is 88.4 Å². The van der Waals surface area contributed by atoms with Crippen LogP contribution in [-0.4, -0.2) is 53.5 Å². The Morgan fingerprint density at radius 2 is 1.57 bits per heavy atom. The number of aliphatic hydroxyl groups is 1. The summed E-state index contributed by atoms with van der Waals surface area (Å²) >= 11 is 5.92. The van der Waals surface area contributed by atoms with Crippen LogP contribution in [-0.2, 0) is 23.4 Å². The molecule has 3 aromatic rings. The van der Waals surface area contributed by atoms with Crippen LogP contribution in [0.4, 0.5) is 36.8 Å². The van der Waals surface area contributed by atoms with Gasteiger partial charge in [0, 0.05) is 23.2 Å². The quantitative estimate of drug-likeness (QED) is 0.111. The molecule has 4 rings (SSSR count). The Labute approximate surface area is 272 Å². The third-order valence-electron chi connectivity index (χ3n) is 7.71. The molecule has 1 fully saturated rings. The molecule has 47 heavy (non-hydrogen) atoms. The highest BCUT2D eigenvalue weighted by Crippen LogP contribution is 2.50. The van der Waals surface area contributed by atoms with Gasteiger partial charge < -0.3 is 14.6 Å². The molecule has 0 radical (unpaired) electrons. The van der Waals surface area contributed by atoms with Crippen LogP contribution in [0, 0.1) is 0 Å². The lowest BCUT2D eigenvalue weighted by Gasteiger charge is -2.33. The predicted octanol–water partition coefficient (Wildman–Crippen LogP) is 8.20. The molecule has 254 valence electrons. The van der Waals surface area contributed by atoms with Gasteiger partial charge in [0.1, 0.15) is 24.1 Å². The minimum Gasteiger partial charge on any atom is -0.493 e. The van der Waals surface area contributed by atoms with Crippen molar-refractivity contribution in [2.24, 2.45) is 0 Å². The van der Waals surface area contributed by atoms with Crippen LogP contribution < -0.4 is 14.4 Å². The lowest BCUT2D eigenvalue weighted by atomic mass is 9.90. The summed E-state index contributed by atoms with van der Waals surface area (Å²) in [6.45, 7) is 3.66. The number of hydrogen-bond donors (Lipinski definition) is 1. The van der Waals surface area contributed by atoms with E-state index in [1.165, 1.54) is 4.90 Å². The van der Waals surface area contributed by atoms with E-state index in [-0.39, 0.29) is 37.5 Å². The summed E-state index contributed by atoms with van der Waals surface area (Å²) in [7, 11) is 0. The van der Waals surface area contributed by atoms with E-state index in [4.69, 9.17) is 21.1 Å². The maximum atomic E-state index is 13.4. The normalized spacial score (nSPS) is 15.8. The lowest BCUT2D eigenvalue weighted by Crippen LogP contribution is -2.53. The zero-order valence-electron chi connectivity index (χ0n) is 25.5. The summed E-state index contributed by atoms with van der Waals surface area (Å²) in [6, 6.07) is 14.9. The standard InChI is InChI=1S/C33H33ClF6N2O5/c1-3-7-23-18-24(31(45,32(35,36)37)33(38,39)40)12-15-28(23)46-17-5-4-16-41-29(43)21(2)42(30(41)44)26-8-6-9-27(19-26)47-20-22-10-13-25(34)14-11-22/h6,8-15,18-19,21,45H,3-5,7,16-17,20H2,1-2H3. The second-order valence-electron chi connectivity index (χ2n) is 11.1. The lowest BCUT2D eigenvalue weighted by molar-refractivity contribution is -0.376. The second-order valence-corrected chi connectivity index (χ2v) is 11.5. The molecule has 1 heterocycles. The molecule has 7 nitrogen and oxygen atoms in total. The Morgan fingerprint density at radius 3 is 2.21 bits per heavy atom. The monoisotopic (exact) mass is 686 g/mol. The van der Waals surface area contributed by atoms with Gasteiger partial charge in [-0.25, -0.2) is 4.79 Å². The fourth-order valence-electron chi connectivity index (χ4n) is 5.19. The largest absolute Gasteiger partial charge is 0.493 e. The van der Waals surface area contributed by atoms with Gasteiger partial charge in [-0.1, -0.05) is 49.2 Å². The summed E-state index contributed by atoms with van der Waals surface area (Å²) in [5.74, 6) is 0.178. The van der Waals surface area contributed by atoms with Crippen LogP contribution in [0.5, 0.6) is 11.5 Å².